The second-order valence-electron chi connectivity index (χ2n) is 4.21. The van der Waals surface area contributed by atoms with Crippen molar-refractivity contribution in [1.29, 1.82) is 0 Å². The average molecular weight is 243 g/mol. The Hall–Kier alpha value is -2.03. The van der Waals surface area contributed by atoms with Crippen molar-refractivity contribution in [3.05, 3.63) is 47.3 Å². The van der Waals surface area contributed by atoms with Crippen LogP contribution in [0.3, 0.4) is 0 Å². The molecule has 1 aromatic carbocycles. The Balaban J connectivity index is 2.51. The molecule has 0 amide bonds. The van der Waals surface area contributed by atoms with Crippen LogP contribution in [0.1, 0.15) is 28.7 Å². The molecular formula is C15H17NO2. The zero-order valence-electron chi connectivity index (χ0n) is 10.9. The first kappa shape index (κ1) is 12.4. The Bertz CT molecular complexity index is 570. The summed E-state index contributed by atoms with van der Waals surface area (Å²) in [6, 6.07) is 9.78. The molecule has 0 unspecified atom stereocenters. The first-order valence-corrected chi connectivity index (χ1v) is 6.04. The Morgan fingerprint density at radius 3 is 2.67 bits per heavy atom. The lowest BCUT2D eigenvalue weighted by molar-refractivity contribution is 0.112. The van der Waals surface area contributed by atoms with Gasteiger partial charge in [0.05, 0.1) is 6.61 Å². The highest BCUT2D eigenvalue weighted by Gasteiger charge is 2.10. The smallest absolute Gasteiger partial charge is 0.151 e. The predicted molar refractivity (Wildman–Crippen MR) is 71.8 cm³/mol. The van der Waals surface area contributed by atoms with Crippen LogP contribution in [0, 0.1) is 13.8 Å². The molecule has 2 rings (SSSR count). The van der Waals surface area contributed by atoms with Gasteiger partial charge in [-0.2, -0.15) is 0 Å². The summed E-state index contributed by atoms with van der Waals surface area (Å²) in [7, 11) is 0. The van der Waals surface area contributed by atoms with Gasteiger partial charge in [-0.15, -0.1) is 0 Å². The number of rotatable bonds is 4. The number of hydrogen-bond donors (Lipinski definition) is 0. The number of aryl methyl sites for hydroxylation is 1. The van der Waals surface area contributed by atoms with Gasteiger partial charge in [0.25, 0.3) is 0 Å². The molecule has 0 saturated heterocycles. The van der Waals surface area contributed by atoms with E-state index in [1.165, 1.54) is 0 Å². The van der Waals surface area contributed by atoms with E-state index in [2.05, 4.69) is 4.57 Å². The molecule has 2 aromatic rings. The molecule has 3 nitrogen and oxygen atoms in total. The van der Waals surface area contributed by atoms with Crippen LogP contribution in [0.5, 0.6) is 5.75 Å². The molecule has 0 N–H and O–H groups in total. The molecule has 0 spiro atoms. The molecule has 1 aromatic heterocycles. The van der Waals surface area contributed by atoms with Crippen molar-refractivity contribution < 1.29 is 9.53 Å². The van der Waals surface area contributed by atoms with Gasteiger partial charge in [0.1, 0.15) is 5.75 Å². The standard InChI is InChI=1S/C15H17NO2/c1-4-18-15-7-5-6-14(9-15)16-11(2)8-13(10-17)12(16)3/h5-10H,4H2,1-3H3. The second kappa shape index (κ2) is 5.08. The molecule has 0 fully saturated rings. The maximum Gasteiger partial charge on any atom is 0.151 e. The van der Waals surface area contributed by atoms with Crippen LogP contribution in [0.2, 0.25) is 0 Å². The number of benzene rings is 1. The lowest BCUT2D eigenvalue weighted by Gasteiger charge is -2.11. The van der Waals surface area contributed by atoms with Crippen LogP contribution < -0.4 is 4.74 Å². The maximum absolute atomic E-state index is 11.0. The van der Waals surface area contributed by atoms with Gasteiger partial charge in [-0.25, -0.2) is 0 Å². The number of hydrogen-bond acceptors (Lipinski definition) is 2. The molecule has 3 heteroatoms. The Morgan fingerprint density at radius 1 is 1.28 bits per heavy atom. The van der Waals surface area contributed by atoms with Gasteiger partial charge in [-0.05, 0) is 39.0 Å². The third-order valence-corrected chi connectivity index (χ3v) is 2.98. The molecule has 94 valence electrons. The van der Waals surface area contributed by atoms with Crippen LogP contribution in [0.4, 0.5) is 0 Å². The van der Waals surface area contributed by atoms with Gasteiger partial charge >= 0.3 is 0 Å². The van der Waals surface area contributed by atoms with Crippen LogP contribution in [0.25, 0.3) is 5.69 Å². The van der Waals surface area contributed by atoms with Crippen molar-refractivity contribution in [3.63, 3.8) is 0 Å². The fraction of sp³-hybridized carbons (Fsp3) is 0.267. The lowest BCUT2D eigenvalue weighted by atomic mass is 10.2. The van der Waals surface area contributed by atoms with E-state index in [9.17, 15) is 4.79 Å². The third kappa shape index (κ3) is 2.16. The zero-order chi connectivity index (χ0) is 13.1. The SMILES string of the molecule is CCOc1cccc(-n2c(C)cc(C=O)c2C)c1. The van der Waals surface area contributed by atoms with E-state index in [1.807, 2.05) is 51.1 Å². The van der Waals surface area contributed by atoms with Gasteiger partial charge in [0.15, 0.2) is 6.29 Å². The summed E-state index contributed by atoms with van der Waals surface area (Å²) in [5.74, 6) is 0.843. The fourth-order valence-electron chi connectivity index (χ4n) is 2.18. The first-order valence-electron chi connectivity index (χ1n) is 6.04. The minimum Gasteiger partial charge on any atom is -0.494 e. The summed E-state index contributed by atoms with van der Waals surface area (Å²) in [6.07, 6.45) is 0.894. The molecule has 0 aliphatic heterocycles. The summed E-state index contributed by atoms with van der Waals surface area (Å²) < 4.78 is 7.56. The lowest BCUT2D eigenvalue weighted by Crippen LogP contribution is -2.00. The summed E-state index contributed by atoms with van der Waals surface area (Å²) >= 11 is 0. The van der Waals surface area contributed by atoms with Crippen LogP contribution >= 0.6 is 0 Å². The number of carbonyl (C=O) groups excluding carboxylic acids is 1. The van der Waals surface area contributed by atoms with Crippen molar-refractivity contribution in [2.45, 2.75) is 20.8 Å². The second-order valence-corrected chi connectivity index (χ2v) is 4.21. The Morgan fingerprint density at radius 2 is 2.06 bits per heavy atom. The number of ether oxygens (including phenoxy) is 1. The summed E-state index contributed by atoms with van der Waals surface area (Å²) in [4.78, 5) is 11.0. The Labute approximate surface area is 107 Å². The fourth-order valence-corrected chi connectivity index (χ4v) is 2.18. The highest BCUT2D eigenvalue weighted by molar-refractivity contribution is 5.77. The average Bonchev–Trinajstić information content (AvgIpc) is 2.65. The van der Waals surface area contributed by atoms with Gasteiger partial charge < -0.3 is 9.30 Å². The van der Waals surface area contributed by atoms with Crippen molar-refractivity contribution in [3.8, 4) is 11.4 Å². The van der Waals surface area contributed by atoms with E-state index < -0.39 is 0 Å². The van der Waals surface area contributed by atoms with E-state index in [0.29, 0.717) is 6.61 Å². The predicted octanol–water partition coefficient (Wildman–Crippen LogP) is 3.31. The van der Waals surface area contributed by atoms with Crippen LogP contribution in [0.15, 0.2) is 30.3 Å². The van der Waals surface area contributed by atoms with E-state index in [-0.39, 0.29) is 0 Å². The maximum atomic E-state index is 11.0. The van der Waals surface area contributed by atoms with Gasteiger partial charge in [-0.3, -0.25) is 4.79 Å². The Kier molecular flexibility index (Phi) is 3.51. The van der Waals surface area contributed by atoms with E-state index >= 15 is 0 Å². The number of nitrogens with zero attached hydrogens (tertiary/aromatic N) is 1. The number of aldehydes is 1. The van der Waals surface area contributed by atoms with Gasteiger partial charge in [0, 0.05) is 28.7 Å². The minimum absolute atomic E-state index is 0.646. The molecule has 0 aliphatic rings. The van der Waals surface area contributed by atoms with Gasteiger partial charge in [0.2, 0.25) is 0 Å². The number of aromatic nitrogens is 1. The molecule has 18 heavy (non-hydrogen) atoms. The summed E-state index contributed by atoms with van der Waals surface area (Å²) in [6.45, 7) is 6.55. The molecule has 1 heterocycles. The van der Waals surface area contributed by atoms with Crippen molar-refractivity contribution in [1.82, 2.24) is 4.57 Å². The topological polar surface area (TPSA) is 31.2 Å². The quantitative estimate of drug-likeness (QED) is 0.771. The van der Waals surface area contributed by atoms with Crippen molar-refractivity contribution in [2.75, 3.05) is 6.61 Å². The molecule has 0 bridgehead atoms. The number of carbonyl (C=O) groups is 1. The normalized spacial score (nSPS) is 10.4. The third-order valence-electron chi connectivity index (χ3n) is 2.98. The van der Waals surface area contributed by atoms with E-state index in [1.54, 1.807) is 0 Å². The van der Waals surface area contributed by atoms with Crippen molar-refractivity contribution >= 4 is 6.29 Å². The van der Waals surface area contributed by atoms with Crippen molar-refractivity contribution in [2.24, 2.45) is 0 Å². The summed E-state index contributed by atoms with van der Waals surface area (Å²) in [5, 5.41) is 0. The molecular weight excluding hydrogens is 226 g/mol. The molecule has 0 atom stereocenters. The van der Waals surface area contributed by atoms with E-state index in [0.717, 1.165) is 34.7 Å². The van der Waals surface area contributed by atoms with Gasteiger partial charge in [-0.1, -0.05) is 6.07 Å². The largest absolute Gasteiger partial charge is 0.494 e. The van der Waals surface area contributed by atoms with E-state index in [4.69, 9.17) is 4.74 Å². The highest BCUT2D eigenvalue weighted by atomic mass is 16.5. The zero-order valence-corrected chi connectivity index (χ0v) is 10.9. The highest BCUT2D eigenvalue weighted by Crippen LogP contribution is 2.23. The minimum atomic E-state index is 0.646. The molecule has 0 saturated carbocycles. The molecule has 0 radical (unpaired) electrons. The van der Waals surface area contributed by atoms with Crippen LogP contribution in [-0.2, 0) is 0 Å². The monoisotopic (exact) mass is 243 g/mol. The summed E-state index contributed by atoms with van der Waals surface area (Å²) in [5.41, 5.74) is 3.75. The molecule has 0 aliphatic carbocycles. The van der Waals surface area contributed by atoms with Crippen LogP contribution in [-0.4, -0.2) is 17.5 Å². The first-order chi connectivity index (χ1) is 8.67.